The number of ketones is 1. The molecular weight excluding hydrogens is 426 g/mol. The van der Waals surface area contributed by atoms with Gasteiger partial charge in [0.2, 0.25) is 0 Å². The van der Waals surface area contributed by atoms with Gasteiger partial charge in [0.05, 0.1) is 19.8 Å². The average Bonchev–Trinajstić information content (AvgIpc) is 2.89. The van der Waals surface area contributed by atoms with Crippen molar-refractivity contribution in [3.8, 4) is 16.9 Å². The molecule has 1 N–H and O–H groups in total. The molecule has 0 bridgehead atoms. The lowest BCUT2D eigenvalue weighted by Gasteiger charge is -2.09. The van der Waals surface area contributed by atoms with E-state index in [2.05, 4.69) is 35.6 Å². The number of Topliss-reactive ketones (excluding diaryl/α,β-unsaturated/α-hetero) is 1. The van der Waals surface area contributed by atoms with Gasteiger partial charge >= 0.3 is 0 Å². The van der Waals surface area contributed by atoms with Crippen LogP contribution in [0.4, 0.5) is 0 Å². The monoisotopic (exact) mass is 455 g/mol. The first kappa shape index (κ1) is 23.6. The summed E-state index contributed by atoms with van der Waals surface area (Å²) in [6, 6.07) is 30.2. The van der Waals surface area contributed by atoms with Gasteiger partial charge in [0.1, 0.15) is 5.75 Å². The molecule has 5 nitrogen and oxygen atoms in total. The first-order valence-electron chi connectivity index (χ1n) is 11.3. The molecule has 0 unspecified atom stereocenters. The molecule has 0 spiro atoms. The second-order valence-electron chi connectivity index (χ2n) is 7.98. The van der Waals surface area contributed by atoms with Crippen molar-refractivity contribution in [2.45, 2.75) is 6.54 Å². The third-order valence-electron chi connectivity index (χ3n) is 5.52. The number of methoxy groups -OCH3 is 1. The van der Waals surface area contributed by atoms with Gasteiger partial charge in [-0.15, -0.1) is 0 Å². The molecule has 0 saturated carbocycles. The van der Waals surface area contributed by atoms with Crippen LogP contribution < -0.4 is 10.1 Å². The number of ether oxygens (including phenoxy) is 3. The fraction of sp³-hybridized carbons (Fsp3) is 0.207. The number of nitrogens with one attached hydrogen (secondary N) is 1. The highest BCUT2D eigenvalue weighted by molar-refractivity contribution is 6.01. The van der Waals surface area contributed by atoms with Crippen LogP contribution >= 0.6 is 0 Å². The van der Waals surface area contributed by atoms with Crippen LogP contribution in [0.1, 0.15) is 15.9 Å². The second-order valence-corrected chi connectivity index (χ2v) is 7.98. The van der Waals surface area contributed by atoms with Gasteiger partial charge in [-0.25, -0.2) is 0 Å². The quantitative estimate of drug-likeness (QED) is 0.174. The largest absolute Gasteiger partial charge is 0.468 e. The van der Waals surface area contributed by atoms with Crippen LogP contribution in [-0.2, 0) is 16.0 Å². The summed E-state index contributed by atoms with van der Waals surface area (Å²) in [5, 5.41) is 5.29. The molecule has 34 heavy (non-hydrogen) atoms. The van der Waals surface area contributed by atoms with E-state index in [0.29, 0.717) is 25.3 Å². The predicted octanol–water partition coefficient (Wildman–Crippen LogP) is 5.48. The van der Waals surface area contributed by atoms with Gasteiger partial charge in [-0.1, -0.05) is 66.7 Å². The molecule has 0 aromatic heterocycles. The van der Waals surface area contributed by atoms with E-state index in [1.165, 1.54) is 11.1 Å². The number of hydrogen-bond acceptors (Lipinski definition) is 5. The molecule has 5 heteroatoms. The fourth-order valence-corrected chi connectivity index (χ4v) is 3.71. The Morgan fingerprint density at radius 2 is 1.59 bits per heavy atom. The zero-order valence-electron chi connectivity index (χ0n) is 19.3. The summed E-state index contributed by atoms with van der Waals surface area (Å²) in [6.07, 6.45) is 0. The van der Waals surface area contributed by atoms with Crippen molar-refractivity contribution in [2.75, 3.05) is 33.7 Å². The summed E-state index contributed by atoms with van der Waals surface area (Å²) in [5.41, 5.74) is 4.19. The second kappa shape index (κ2) is 12.1. The standard InChI is InChI=1S/C29H29NO4/c1-32-14-15-33-21-34-28-13-12-25-17-27(11-10-26(25)18-28)29(31)20-30-19-22-6-5-9-24(16-22)23-7-3-2-4-8-23/h2-13,16-18,30H,14-15,19-21H2,1H3. The highest BCUT2D eigenvalue weighted by atomic mass is 16.7. The van der Waals surface area contributed by atoms with Crippen LogP contribution in [0.2, 0.25) is 0 Å². The van der Waals surface area contributed by atoms with Crippen LogP contribution in [0.3, 0.4) is 0 Å². The van der Waals surface area contributed by atoms with Crippen molar-refractivity contribution >= 4 is 16.6 Å². The molecule has 0 aliphatic carbocycles. The van der Waals surface area contributed by atoms with E-state index in [4.69, 9.17) is 14.2 Å². The lowest BCUT2D eigenvalue weighted by molar-refractivity contribution is -0.00841. The summed E-state index contributed by atoms with van der Waals surface area (Å²) in [5.74, 6) is 0.788. The zero-order chi connectivity index (χ0) is 23.6. The summed E-state index contributed by atoms with van der Waals surface area (Å²) in [4.78, 5) is 12.7. The van der Waals surface area contributed by atoms with Crippen LogP contribution in [0, 0.1) is 0 Å². The van der Waals surface area contributed by atoms with Crippen molar-refractivity contribution < 1.29 is 19.0 Å². The molecule has 0 aliphatic rings. The Balaban J connectivity index is 1.31. The lowest BCUT2D eigenvalue weighted by atomic mass is 10.0. The van der Waals surface area contributed by atoms with E-state index in [1.807, 2.05) is 60.7 Å². The Labute approximate surface area is 200 Å². The molecular formula is C29H29NO4. The summed E-state index contributed by atoms with van der Waals surface area (Å²) in [6.45, 7) is 2.11. The molecule has 174 valence electrons. The highest BCUT2D eigenvalue weighted by Gasteiger charge is 2.08. The van der Waals surface area contributed by atoms with Crippen LogP contribution in [0.15, 0.2) is 91.0 Å². The number of carbonyl (C=O) groups is 1. The third-order valence-corrected chi connectivity index (χ3v) is 5.52. The Hall–Kier alpha value is -3.51. The number of hydrogen-bond donors (Lipinski definition) is 1. The molecule has 4 aromatic rings. The van der Waals surface area contributed by atoms with Gasteiger partial charge in [-0.05, 0) is 51.7 Å². The molecule has 4 aromatic carbocycles. The molecule has 0 aliphatic heterocycles. The zero-order valence-corrected chi connectivity index (χ0v) is 19.3. The molecule has 0 amide bonds. The van der Waals surface area contributed by atoms with Gasteiger partial charge < -0.3 is 19.5 Å². The van der Waals surface area contributed by atoms with Gasteiger partial charge in [0.25, 0.3) is 0 Å². The number of rotatable bonds is 12. The van der Waals surface area contributed by atoms with E-state index in [-0.39, 0.29) is 19.1 Å². The van der Waals surface area contributed by atoms with E-state index in [9.17, 15) is 4.79 Å². The topological polar surface area (TPSA) is 56.8 Å². The predicted molar refractivity (Wildman–Crippen MR) is 135 cm³/mol. The highest BCUT2D eigenvalue weighted by Crippen LogP contribution is 2.23. The van der Waals surface area contributed by atoms with Crippen molar-refractivity contribution in [2.24, 2.45) is 0 Å². The molecule has 0 atom stereocenters. The minimum Gasteiger partial charge on any atom is -0.468 e. The number of benzene rings is 4. The van der Waals surface area contributed by atoms with Crippen molar-refractivity contribution in [1.29, 1.82) is 0 Å². The first-order valence-corrected chi connectivity index (χ1v) is 11.3. The molecule has 0 saturated heterocycles. The summed E-state index contributed by atoms with van der Waals surface area (Å²) >= 11 is 0. The van der Waals surface area contributed by atoms with E-state index in [0.717, 1.165) is 22.1 Å². The number of fused-ring (bicyclic) bond motifs is 1. The van der Waals surface area contributed by atoms with Gasteiger partial charge in [0, 0.05) is 19.2 Å². The van der Waals surface area contributed by atoms with E-state index >= 15 is 0 Å². The SMILES string of the molecule is COCCOCOc1ccc2cc(C(=O)CNCc3cccc(-c4ccccc4)c3)ccc2c1. The normalized spacial score (nSPS) is 11.0. The van der Waals surface area contributed by atoms with Crippen molar-refractivity contribution in [3.05, 3.63) is 102 Å². The van der Waals surface area contributed by atoms with Crippen LogP contribution in [-0.4, -0.2) is 39.4 Å². The Bertz CT molecular complexity index is 1220. The summed E-state index contributed by atoms with van der Waals surface area (Å²) < 4.78 is 15.9. The smallest absolute Gasteiger partial charge is 0.189 e. The van der Waals surface area contributed by atoms with Crippen LogP contribution in [0.5, 0.6) is 5.75 Å². The maximum Gasteiger partial charge on any atom is 0.189 e. The molecule has 4 rings (SSSR count). The van der Waals surface area contributed by atoms with Gasteiger partial charge in [-0.2, -0.15) is 0 Å². The Morgan fingerprint density at radius 1 is 0.794 bits per heavy atom. The minimum absolute atomic E-state index is 0.0629. The maximum absolute atomic E-state index is 12.7. The molecule has 0 radical (unpaired) electrons. The van der Waals surface area contributed by atoms with Crippen molar-refractivity contribution in [1.82, 2.24) is 5.32 Å². The number of carbonyl (C=O) groups excluding carboxylic acids is 1. The van der Waals surface area contributed by atoms with E-state index in [1.54, 1.807) is 7.11 Å². The average molecular weight is 456 g/mol. The lowest BCUT2D eigenvalue weighted by Crippen LogP contribution is -2.22. The summed E-state index contributed by atoms with van der Waals surface area (Å²) in [7, 11) is 1.63. The van der Waals surface area contributed by atoms with Crippen molar-refractivity contribution in [3.63, 3.8) is 0 Å². The van der Waals surface area contributed by atoms with Gasteiger partial charge in [-0.3, -0.25) is 4.79 Å². The minimum atomic E-state index is 0.0629. The Kier molecular flexibility index (Phi) is 8.41. The molecule has 0 fully saturated rings. The maximum atomic E-state index is 12.7. The first-order chi connectivity index (χ1) is 16.7. The fourth-order valence-electron chi connectivity index (χ4n) is 3.71. The Morgan fingerprint density at radius 3 is 2.44 bits per heavy atom. The van der Waals surface area contributed by atoms with Gasteiger partial charge in [0.15, 0.2) is 12.6 Å². The van der Waals surface area contributed by atoms with E-state index < -0.39 is 0 Å². The molecule has 0 heterocycles. The van der Waals surface area contributed by atoms with Crippen LogP contribution in [0.25, 0.3) is 21.9 Å². The third kappa shape index (κ3) is 6.51.